The highest BCUT2D eigenvalue weighted by Crippen LogP contribution is 2.16. The third kappa shape index (κ3) is 4.57. The zero-order valence-electron chi connectivity index (χ0n) is 12.0. The summed E-state index contributed by atoms with van der Waals surface area (Å²) in [6.07, 6.45) is 2.53. The van der Waals surface area contributed by atoms with E-state index in [9.17, 15) is 4.79 Å². The molecule has 0 aliphatic rings. The van der Waals surface area contributed by atoms with E-state index in [1.165, 1.54) is 0 Å². The highest BCUT2D eigenvalue weighted by Gasteiger charge is 2.08. The average Bonchev–Trinajstić information content (AvgIpc) is 2.49. The van der Waals surface area contributed by atoms with Crippen LogP contribution in [0, 0.1) is 0 Å². The number of amides is 1. The van der Waals surface area contributed by atoms with Crippen LogP contribution in [0.3, 0.4) is 0 Å². The molecule has 2 aromatic rings. The van der Waals surface area contributed by atoms with E-state index in [-0.39, 0.29) is 12.3 Å². The molecule has 3 N–H and O–H groups in total. The van der Waals surface area contributed by atoms with Crippen molar-refractivity contribution in [2.24, 2.45) is 0 Å². The maximum absolute atomic E-state index is 12.1. The lowest BCUT2D eigenvalue weighted by molar-refractivity contribution is -0.115. The molecule has 5 heteroatoms. The fraction of sp³-hybridized carbons (Fsp3) is 0.250. The largest absolute Gasteiger partial charge is 0.397 e. The van der Waals surface area contributed by atoms with Crippen molar-refractivity contribution in [3.05, 3.63) is 53.9 Å². The van der Waals surface area contributed by atoms with E-state index in [1.807, 2.05) is 24.3 Å². The van der Waals surface area contributed by atoms with Gasteiger partial charge in [0.25, 0.3) is 0 Å². The molecule has 1 aromatic heterocycles. The zero-order chi connectivity index (χ0) is 15.1. The van der Waals surface area contributed by atoms with Gasteiger partial charge in [0, 0.05) is 18.5 Å². The van der Waals surface area contributed by atoms with Crippen molar-refractivity contribution < 1.29 is 9.53 Å². The van der Waals surface area contributed by atoms with E-state index in [2.05, 4.69) is 10.3 Å². The van der Waals surface area contributed by atoms with Crippen LogP contribution in [-0.4, -0.2) is 24.6 Å². The Morgan fingerprint density at radius 3 is 2.81 bits per heavy atom. The summed E-state index contributed by atoms with van der Waals surface area (Å²) in [5.41, 5.74) is 8.72. The zero-order valence-corrected chi connectivity index (χ0v) is 12.0. The van der Waals surface area contributed by atoms with Gasteiger partial charge in [0.1, 0.15) is 0 Å². The van der Waals surface area contributed by atoms with Crippen LogP contribution >= 0.6 is 0 Å². The third-order valence-electron chi connectivity index (χ3n) is 3.06. The van der Waals surface area contributed by atoms with Gasteiger partial charge in [-0.2, -0.15) is 0 Å². The van der Waals surface area contributed by atoms with Crippen molar-refractivity contribution in [1.29, 1.82) is 0 Å². The van der Waals surface area contributed by atoms with Crippen LogP contribution in [-0.2, 0) is 22.4 Å². The molecule has 0 fully saturated rings. The normalized spacial score (nSPS) is 10.3. The van der Waals surface area contributed by atoms with E-state index in [4.69, 9.17) is 10.5 Å². The van der Waals surface area contributed by atoms with Crippen molar-refractivity contribution in [3.8, 4) is 0 Å². The molecule has 0 radical (unpaired) electrons. The number of pyridine rings is 1. The highest BCUT2D eigenvalue weighted by atomic mass is 16.5. The first-order valence-electron chi connectivity index (χ1n) is 6.76. The minimum Gasteiger partial charge on any atom is -0.397 e. The van der Waals surface area contributed by atoms with Gasteiger partial charge in [-0.1, -0.05) is 18.2 Å². The predicted molar refractivity (Wildman–Crippen MR) is 83.0 cm³/mol. The van der Waals surface area contributed by atoms with E-state index < -0.39 is 0 Å². The number of anilines is 2. The summed E-state index contributed by atoms with van der Waals surface area (Å²) in [4.78, 5) is 16.2. The van der Waals surface area contributed by atoms with Crippen molar-refractivity contribution in [1.82, 2.24) is 4.98 Å². The van der Waals surface area contributed by atoms with E-state index >= 15 is 0 Å². The maximum Gasteiger partial charge on any atom is 0.230 e. The van der Waals surface area contributed by atoms with E-state index in [1.54, 1.807) is 25.4 Å². The Morgan fingerprint density at radius 1 is 1.29 bits per heavy atom. The number of nitrogens with one attached hydrogen (secondary N) is 1. The number of hydrogen-bond donors (Lipinski definition) is 2. The first-order valence-corrected chi connectivity index (χ1v) is 6.76. The first-order chi connectivity index (χ1) is 10.2. The summed E-state index contributed by atoms with van der Waals surface area (Å²) >= 11 is 0. The smallest absolute Gasteiger partial charge is 0.230 e. The summed E-state index contributed by atoms with van der Waals surface area (Å²) < 4.78 is 5.08. The summed E-state index contributed by atoms with van der Waals surface area (Å²) in [6.45, 7) is 0.617. The van der Waals surface area contributed by atoms with Gasteiger partial charge in [-0.3, -0.25) is 9.78 Å². The SMILES string of the molecule is COCCc1ccccc1NC(=O)Cc1ccc(N)cn1. The lowest BCUT2D eigenvalue weighted by atomic mass is 10.1. The number of rotatable bonds is 6. The molecule has 0 unspecified atom stereocenters. The second-order valence-corrected chi connectivity index (χ2v) is 4.71. The lowest BCUT2D eigenvalue weighted by Crippen LogP contribution is -2.16. The minimum atomic E-state index is -0.0999. The number of hydrogen-bond acceptors (Lipinski definition) is 4. The van der Waals surface area contributed by atoms with Crippen LogP contribution in [0.5, 0.6) is 0 Å². The van der Waals surface area contributed by atoms with Gasteiger partial charge >= 0.3 is 0 Å². The fourth-order valence-corrected chi connectivity index (χ4v) is 1.97. The Bertz CT molecular complexity index is 597. The van der Waals surface area contributed by atoms with Gasteiger partial charge in [0.2, 0.25) is 5.91 Å². The van der Waals surface area contributed by atoms with Crippen LogP contribution in [0.1, 0.15) is 11.3 Å². The molecule has 2 rings (SSSR count). The molecule has 1 heterocycles. The van der Waals surface area contributed by atoms with Gasteiger partial charge in [-0.15, -0.1) is 0 Å². The quantitative estimate of drug-likeness (QED) is 0.851. The highest BCUT2D eigenvalue weighted by molar-refractivity contribution is 5.92. The van der Waals surface area contributed by atoms with Crippen molar-refractivity contribution in [2.45, 2.75) is 12.8 Å². The predicted octanol–water partition coefficient (Wildman–Crippen LogP) is 2.03. The Labute approximate surface area is 124 Å². The molecule has 0 saturated heterocycles. The number of aromatic nitrogens is 1. The molecule has 0 aliphatic carbocycles. The molecule has 1 aromatic carbocycles. The average molecular weight is 285 g/mol. The number of methoxy groups -OCH3 is 1. The summed E-state index contributed by atoms with van der Waals surface area (Å²) in [5.74, 6) is -0.0999. The number of nitrogen functional groups attached to an aromatic ring is 1. The van der Waals surface area contributed by atoms with Gasteiger partial charge in [-0.05, 0) is 30.2 Å². The number of ether oxygens (including phenoxy) is 1. The van der Waals surface area contributed by atoms with Gasteiger partial charge < -0.3 is 15.8 Å². The maximum atomic E-state index is 12.1. The lowest BCUT2D eigenvalue weighted by Gasteiger charge is -2.10. The number of para-hydroxylation sites is 1. The van der Waals surface area contributed by atoms with Crippen molar-refractivity contribution >= 4 is 17.3 Å². The molecular formula is C16H19N3O2. The third-order valence-corrected chi connectivity index (χ3v) is 3.06. The Balaban J connectivity index is 2.00. The second kappa shape index (κ2) is 7.40. The first kappa shape index (κ1) is 15.0. The standard InChI is InChI=1S/C16H19N3O2/c1-21-9-8-12-4-2-3-5-15(12)19-16(20)10-14-7-6-13(17)11-18-14/h2-7,11H,8-10,17H2,1H3,(H,19,20). The Hall–Kier alpha value is -2.40. The molecule has 21 heavy (non-hydrogen) atoms. The Kier molecular flexibility index (Phi) is 5.29. The van der Waals surface area contributed by atoms with Crippen molar-refractivity contribution in [3.63, 3.8) is 0 Å². The number of nitrogens with zero attached hydrogens (tertiary/aromatic N) is 1. The van der Waals surface area contributed by atoms with Crippen LogP contribution in [0.2, 0.25) is 0 Å². The number of benzene rings is 1. The van der Waals surface area contributed by atoms with Crippen molar-refractivity contribution in [2.75, 3.05) is 24.8 Å². The van der Waals surface area contributed by atoms with E-state index in [0.717, 1.165) is 17.7 Å². The number of carbonyl (C=O) groups is 1. The second-order valence-electron chi connectivity index (χ2n) is 4.71. The minimum absolute atomic E-state index is 0.0999. The molecule has 1 amide bonds. The van der Waals surface area contributed by atoms with E-state index in [0.29, 0.717) is 18.0 Å². The molecule has 0 aliphatic heterocycles. The molecule has 0 atom stereocenters. The summed E-state index contributed by atoms with van der Waals surface area (Å²) in [5, 5.41) is 2.92. The fourth-order valence-electron chi connectivity index (χ4n) is 1.97. The Morgan fingerprint density at radius 2 is 2.10 bits per heavy atom. The topological polar surface area (TPSA) is 77.2 Å². The van der Waals surface area contributed by atoms with Gasteiger partial charge in [0.05, 0.1) is 24.9 Å². The molecular weight excluding hydrogens is 266 g/mol. The number of nitrogens with two attached hydrogens (primary N) is 1. The van der Waals surface area contributed by atoms with Crippen LogP contribution in [0.4, 0.5) is 11.4 Å². The molecule has 0 spiro atoms. The molecule has 5 nitrogen and oxygen atoms in total. The summed E-state index contributed by atoms with van der Waals surface area (Å²) in [6, 6.07) is 11.2. The van der Waals surface area contributed by atoms with Crippen LogP contribution < -0.4 is 11.1 Å². The summed E-state index contributed by atoms with van der Waals surface area (Å²) in [7, 11) is 1.66. The molecule has 0 bridgehead atoms. The van der Waals surface area contributed by atoms with Gasteiger partial charge in [-0.25, -0.2) is 0 Å². The molecule has 110 valence electrons. The van der Waals surface area contributed by atoms with Crippen LogP contribution in [0.15, 0.2) is 42.6 Å². The number of carbonyl (C=O) groups excluding carboxylic acids is 1. The van der Waals surface area contributed by atoms with Gasteiger partial charge in [0.15, 0.2) is 0 Å². The molecule has 0 saturated carbocycles. The monoisotopic (exact) mass is 285 g/mol. The van der Waals surface area contributed by atoms with Crippen LogP contribution in [0.25, 0.3) is 0 Å².